The maximum atomic E-state index is 11.6. The summed E-state index contributed by atoms with van der Waals surface area (Å²) < 4.78 is 6.45. The quantitative estimate of drug-likeness (QED) is 0.207. The minimum atomic E-state index is -1.04. The second kappa shape index (κ2) is 6.94. The van der Waals surface area contributed by atoms with Crippen LogP contribution in [0.2, 0.25) is 0 Å². The molecule has 0 fully saturated rings. The number of aliphatic hydroxyl groups is 1. The molecule has 27 heavy (non-hydrogen) atoms. The smallest absolute Gasteiger partial charge is 0.191 e. The van der Waals surface area contributed by atoms with E-state index in [0.29, 0.717) is 27.2 Å². The number of nitriles is 2. The Morgan fingerprint density at radius 1 is 1.37 bits per heavy atom. The fourth-order valence-corrected chi connectivity index (χ4v) is 2.94. The summed E-state index contributed by atoms with van der Waals surface area (Å²) in [6, 6.07) is 9.30. The molecule has 8 nitrogen and oxygen atoms in total. The monoisotopic (exact) mass is 363 g/mol. The van der Waals surface area contributed by atoms with Gasteiger partial charge in [0.05, 0.1) is 17.2 Å². The molecule has 0 saturated heterocycles. The highest BCUT2D eigenvalue weighted by Crippen LogP contribution is 2.42. The van der Waals surface area contributed by atoms with Crippen molar-refractivity contribution in [2.45, 2.75) is 31.6 Å². The number of fused-ring (bicyclic) bond motifs is 1. The van der Waals surface area contributed by atoms with Crippen LogP contribution in [0.1, 0.15) is 36.6 Å². The molecular formula is C19H17N5O3. The van der Waals surface area contributed by atoms with Crippen LogP contribution in [0.3, 0.4) is 0 Å². The number of ether oxygens (including phenoxy) is 1. The predicted molar refractivity (Wildman–Crippen MR) is 95.3 cm³/mol. The van der Waals surface area contributed by atoms with E-state index in [-0.39, 0.29) is 5.84 Å². The molecule has 2 aromatic rings. The van der Waals surface area contributed by atoms with Crippen LogP contribution >= 0.6 is 0 Å². The third-order valence-corrected chi connectivity index (χ3v) is 4.33. The van der Waals surface area contributed by atoms with Gasteiger partial charge >= 0.3 is 0 Å². The van der Waals surface area contributed by atoms with Crippen molar-refractivity contribution in [1.82, 2.24) is 5.32 Å². The average Bonchev–Trinajstić information content (AvgIpc) is 2.64. The Labute approximate surface area is 156 Å². The molecule has 2 atom stereocenters. The number of amidine groups is 1. The molecule has 0 unspecified atom stereocenters. The standard InChI is InChI=1S/C19H17N5O3/c1-19(2)17(25)16(14-8-12(9-20)5-6-15(14)27-19)23-18(22-11-21)13-4-3-7-24(26)10-13/h3-8,10,16-17,25H,1-2H3,(H,22,23)/t16-,17+/m1/s1. The highest BCUT2D eigenvalue weighted by atomic mass is 16.5. The zero-order valence-electron chi connectivity index (χ0n) is 14.7. The van der Waals surface area contributed by atoms with Gasteiger partial charge in [0.25, 0.3) is 0 Å². The van der Waals surface area contributed by atoms with E-state index >= 15 is 0 Å². The fraction of sp³-hybridized carbons (Fsp3) is 0.263. The van der Waals surface area contributed by atoms with Crippen LogP contribution in [-0.2, 0) is 0 Å². The molecule has 2 heterocycles. The Kier molecular flexibility index (Phi) is 4.68. The van der Waals surface area contributed by atoms with E-state index in [0.717, 1.165) is 0 Å². The molecule has 1 aromatic carbocycles. The van der Waals surface area contributed by atoms with Gasteiger partial charge in [0, 0.05) is 11.6 Å². The highest BCUT2D eigenvalue weighted by molar-refractivity contribution is 5.99. The zero-order chi connectivity index (χ0) is 19.6. The molecule has 3 rings (SSSR count). The van der Waals surface area contributed by atoms with Gasteiger partial charge in [-0.05, 0) is 38.1 Å². The van der Waals surface area contributed by atoms with E-state index in [2.05, 4.69) is 16.4 Å². The second-order valence-corrected chi connectivity index (χ2v) is 6.63. The Morgan fingerprint density at radius 3 is 2.81 bits per heavy atom. The van der Waals surface area contributed by atoms with Crippen LogP contribution in [0.4, 0.5) is 0 Å². The molecule has 136 valence electrons. The van der Waals surface area contributed by atoms with E-state index in [9.17, 15) is 15.6 Å². The molecule has 1 aromatic heterocycles. The summed E-state index contributed by atoms with van der Waals surface area (Å²) in [7, 11) is 0. The van der Waals surface area contributed by atoms with Crippen LogP contribution in [0.25, 0.3) is 0 Å². The van der Waals surface area contributed by atoms with E-state index in [1.165, 1.54) is 18.5 Å². The van der Waals surface area contributed by atoms with Gasteiger partial charge in [-0.15, -0.1) is 0 Å². The molecule has 0 bridgehead atoms. The van der Waals surface area contributed by atoms with Crippen LogP contribution in [0.15, 0.2) is 47.7 Å². The molecule has 1 aliphatic rings. The number of nitrogens with zero attached hydrogens (tertiary/aromatic N) is 4. The second-order valence-electron chi connectivity index (χ2n) is 6.63. The zero-order valence-corrected chi connectivity index (χ0v) is 14.7. The maximum Gasteiger partial charge on any atom is 0.191 e. The Balaban J connectivity index is 2.16. The van der Waals surface area contributed by atoms with Crippen molar-refractivity contribution in [3.8, 4) is 18.0 Å². The first kappa shape index (κ1) is 18.2. The van der Waals surface area contributed by atoms with E-state index < -0.39 is 17.7 Å². The summed E-state index contributed by atoms with van der Waals surface area (Å²) >= 11 is 0. The molecule has 0 spiro atoms. The van der Waals surface area contributed by atoms with Crippen molar-refractivity contribution in [2.24, 2.45) is 4.99 Å². The molecule has 1 aliphatic heterocycles. The van der Waals surface area contributed by atoms with Crippen LogP contribution in [0.5, 0.6) is 5.75 Å². The fourth-order valence-electron chi connectivity index (χ4n) is 2.94. The maximum absolute atomic E-state index is 11.6. The van der Waals surface area contributed by atoms with Crippen molar-refractivity contribution >= 4 is 5.84 Å². The highest BCUT2D eigenvalue weighted by Gasteiger charge is 2.43. The van der Waals surface area contributed by atoms with Crippen molar-refractivity contribution in [2.75, 3.05) is 0 Å². The van der Waals surface area contributed by atoms with Crippen LogP contribution in [0, 0.1) is 28.0 Å². The number of aliphatic imine (C=N–C) groups is 1. The van der Waals surface area contributed by atoms with E-state index in [1.807, 2.05) is 0 Å². The van der Waals surface area contributed by atoms with Crippen LogP contribution in [-0.4, -0.2) is 22.6 Å². The number of benzene rings is 1. The van der Waals surface area contributed by atoms with Crippen molar-refractivity contribution < 1.29 is 14.6 Å². The largest absolute Gasteiger partial charge is 0.619 e. The number of hydrogen-bond donors (Lipinski definition) is 2. The Morgan fingerprint density at radius 2 is 2.15 bits per heavy atom. The lowest BCUT2D eigenvalue weighted by molar-refractivity contribution is -0.605. The van der Waals surface area contributed by atoms with Gasteiger partial charge in [0.2, 0.25) is 0 Å². The Bertz CT molecular complexity index is 988. The van der Waals surface area contributed by atoms with Gasteiger partial charge in [-0.2, -0.15) is 15.3 Å². The number of aliphatic hydroxyl groups excluding tert-OH is 1. The van der Waals surface area contributed by atoms with Gasteiger partial charge in [-0.25, -0.2) is 0 Å². The van der Waals surface area contributed by atoms with Gasteiger partial charge in [0.1, 0.15) is 29.3 Å². The molecule has 8 heteroatoms. The van der Waals surface area contributed by atoms with Gasteiger partial charge < -0.3 is 15.1 Å². The van der Waals surface area contributed by atoms with E-state index in [1.54, 1.807) is 44.3 Å². The van der Waals surface area contributed by atoms with Gasteiger partial charge in [0.15, 0.2) is 18.6 Å². The molecule has 2 N–H and O–H groups in total. The number of pyridine rings is 1. The summed E-state index contributed by atoms with van der Waals surface area (Å²) in [5.41, 5.74) is 0.381. The summed E-state index contributed by atoms with van der Waals surface area (Å²) in [6.07, 6.45) is 3.34. The van der Waals surface area contributed by atoms with Crippen LogP contribution < -0.4 is 14.8 Å². The summed E-state index contributed by atoms with van der Waals surface area (Å²) in [6.45, 7) is 3.46. The summed E-state index contributed by atoms with van der Waals surface area (Å²) in [5, 5.41) is 43.2. The lowest BCUT2D eigenvalue weighted by atomic mass is 9.86. The summed E-state index contributed by atoms with van der Waals surface area (Å²) in [5.74, 6) is 0.638. The lowest BCUT2D eigenvalue weighted by Crippen LogP contribution is -2.48. The Hall–Kier alpha value is -3.62. The van der Waals surface area contributed by atoms with Gasteiger partial charge in [-0.1, -0.05) is 0 Å². The predicted octanol–water partition coefficient (Wildman–Crippen LogP) is 1.28. The number of hydrogen-bond acceptors (Lipinski definition) is 6. The topological polar surface area (TPSA) is 128 Å². The first-order chi connectivity index (χ1) is 12.9. The minimum Gasteiger partial charge on any atom is -0.619 e. The molecule has 0 amide bonds. The minimum absolute atomic E-state index is 0.137. The molecule has 0 saturated carbocycles. The SMILES string of the molecule is CC1(C)Oc2ccc(C#N)cc2[C@@H](N=C(NC#N)c2ccc[n+]([O-])c2)[C@@H]1O. The first-order valence-electron chi connectivity index (χ1n) is 8.19. The molecule has 0 radical (unpaired) electrons. The third-order valence-electron chi connectivity index (χ3n) is 4.33. The molecular weight excluding hydrogens is 346 g/mol. The first-order valence-corrected chi connectivity index (χ1v) is 8.19. The van der Waals surface area contributed by atoms with E-state index in [4.69, 9.17) is 10.00 Å². The number of aromatic nitrogens is 1. The normalized spacial score (nSPS) is 20.6. The van der Waals surface area contributed by atoms with Crippen molar-refractivity contribution in [3.05, 3.63) is 64.6 Å². The number of rotatable bonds is 2. The lowest BCUT2D eigenvalue weighted by Gasteiger charge is -2.40. The van der Waals surface area contributed by atoms with Gasteiger partial charge in [-0.3, -0.25) is 10.3 Å². The van der Waals surface area contributed by atoms with Crippen molar-refractivity contribution in [3.63, 3.8) is 0 Å². The average molecular weight is 363 g/mol. The number of nitrogens with one attached hydrogen (secondary N) is 1. The summed E-state index contributed by atoms with van der Waals surface area (Å²) in [4.78, 5) is 4.52. The third kappa shape index (κ3) is 3.52. The van der Waals surface area contributed by atoms with Crippen molar-refractivity contribution in [1.29, 1.82) is 10.5 Å². The molecule has 0 aliphatic carbocycles.